The number of rotatable bonds is 6. The van der Waals surface area contributed by atoms with Crippen LogP contribution in [0.3, 0.4) is 0 Å². The minimum Gasteiger partial charge on any atom is -0.496 e. The van der Waals surface area contributed by atoms with Crippen molar-refractivity contribution in [2.24, 2.45) is 11.1 Å². The maximum Gasteiger partial charge on any atom is 0.237 e. The first-order valence-electron chi connectivity index (χ1n) is 8.75. The van der Waals surface area contributed by atoms with Gasteiger partial charge in [-0.25, -0.2) is 0 Å². The van der Waals surface area contributed by atoms with E-state index in [4.69, 9.17) is 10.5 Å². The molecule has 0 aromatic heterocycles. The molecule has 134 valence electrons. The summed E-state index contributed by atoms with van der Waals surface area (Å²) in [7, 11) is 1.69. The Kier molecular flexibility index (Phi) is 6.24. The predicted octanol–water partition coefficient (Wildman–Crippen LogP) is 2.32. The van der Waals surface area contributed by atoms with E-state index in [1.54, 1.807) is 7.11 Å². The molecule has 1 aromatic rings. The summed E-state index contributed by atoms with van der Waals surface area (Å²) in [4.78, 5) is 14.8. The van der Waals surface area contributed by atoms with Crippen LogP contribution in [0.15, 0.2) is 24.3 Å². The maximum absolute atomic E-state index is 12.4. The molecule has 0 bridgehead atoms. The topological polar surface area (TPSA) is 67.6 Å². The van der Waals surface area contributed by atoms with E-state index in [0.717, 1.165) is 24.4 Å². The molecule has 2 atom stereocenters. The van der Waals surface area contributed by atoms with E-state index in [2.05, 4.69) is 16.3 Å². The molecule has 1 saturated heterocycles. The van der Waals surface area contributed by atoms with Crippen LogP contribution in [-0.4, -0.2) is 43.6 Å². The quantitative estimate of drug-likeness (QED) is 0.838. The Hall–Kier alpha value is -1.59. The van der Waals surface area contributed by atoms with Gasteiger partial charge in [0.05, 0.1) is 19.2 Å². The summed E-state index contributed by atoms with van der Waals surface area (Å²) in [5.74, 6) is 0.769. The molecule has 24 heavy (non-hydrogen) atoms. The second-order valence-electron chi connectivity index (χ2n) is 7.59. The Morgan fingerprint density at radius 2 is 1.92 bits per heavy atom. The van der Waals surface area contributed by atoms with Crippen molar-refractivity contribution in [1.29, 1.82) is 0 Å². The highest BCUT2D eigenvalue weighted by Crippen LogP contribution is 2.31. The number of carbonyl (C=O) groups is 1. The number of nitrogens with one attached hydrogen (secondary N) is 1. The molecule has 1 aromatic carbocycles. The number of para-hydroxylation sites is 1. The first-order chi connectivity index (χ1) is 11.3. The number of hydrogen-bond donors (Lipinski definition) is 2. The molecule has 0 saturated carbocycles. The molecule has 0 aliphatic carbocycles. The first kappa shape index (κ1) is 18.7. The number of ether oxygens (including phenoxy) is 1. The van der Waals surface area contributed by atoms with Crippen LogP contribution in [0.4, 0.5) is 0 Å². The summed E-state index contributed by atoms with van der Waals surface area (Å²) in [5.41, 5.74) is 6.94. The number of amides is 1. The predicted molar refractivity (Wildman–Crippen MR) is 97.0 cm³/mol. The Bertz CT molecular complexity index is 548. The summed E-state index contributed by atoms with van der Waals surface area (Å²) in [6.07, 6.45) is 2.39. The molecule has 2 rings (SSSR count). The van der Waals surface area contributed by atoms with Crippen LogP contribution in [0.5, 0.6) is 5.75 Å². The molecule has 1 unspecified atom stereocenters. The molecule has 1 aliphatic heterocycles. The molecular weight excluding hydrogens is 302 g/mol. The van der Waals surface area contributed by atoms with Crippen LogP contribution in [0.2, 0.25) is 0 Å². The number of carbonyl (C=O) groups excluding carboxylic acids is 1. The summed E-state index contributed by atoms with van der Waals surface area (Å²) >= 11 is 0. The number of likely N-dealkylation sites (tertiary alicyclic amines) is 1. The van der Waals surface area contributed by atoms with Crippen molar-refractivity contribution < 1.29 is 9.53 Å². The average molecular weight is 333 g/mol. The van der Waals surface area contributed by atoms with Crippen molar-refractivity contribution >= 4 is 5.91 Å². The van der Waals surface area contributed by atoms with Gasteiger partial charge in [-0.2, -0.15) is 0 Å². The van der Waals surface area contributed by atoms with Gasteiger partial charge in [-0.1, -0.05) is 39.0 Å². The fourth-order valence-corrected chi connectivity index (χ4v) is 3.13. The zero-order valence-corrected chi connectivity index (χ0v) is 15.3. The number of hydrogen-bond acceptors (Lipinski definition) is 4. The largest absolute Gasteiger partial charge is 0.496 e. The molecule has 5 nitrogen and oxygen atoms in total. The SMILES string of the molecule is COc1ccccc1C(CNC(=O)[C@@H](N)C(C)(C)C)N1CCCC1. The Morgan fingerprint density at radius 1 is 1.29 bits per heavy atom. The highest BCUT2D eigenvalue weighted by molar-refractivity contribution is 5.82. The zero-order chi connectivity index (χ0) is 17.7. The monoisotopic (exact) mass is 333 g/mol. The van der Waals surface area contributed by atoms with E-state index < -0.39 is 6.04 Å². The van der Waals surface area contributed by atoms with Crippen molar-refractivity contribution in [3.05, 3.63) is 29.8 Å². The lowest BCUT2D eigenvalue weighted by Gasteiger charge is -2.31. The van der Waals surface area contributed by atoms with Crippen LogP contribution in [-0.2, 0) is 4.79 Å². The van der Waals surface area contributed by atoms with E-state index in [0.29, 0.717) is 6.54 Å². The lowest BCUT2D eigenvalue weighted by molar-refractivity contribution is -0.124. The van der Waals surface area contributed by atoms with Gasteiger partial charge in [0.25, 0.3) is 0 Å². The second kappa shape index (κ2) is 7.99. The van der Waals surface area contributed by atoms with Crippen LogP contribution in [0, 0.1) is 5.41 Å². The Labute approximate surface area is 145 Å². The number of methoxy groups -OCH3 is 1. The average Bonchev–Trinajstić information content (AvgIpc) is 3.08. The molecule has 3 N–H and O–H groups in total. The third-order valence-corrected chi connectivity index (χ3v) is 4.76. The van der Waals surface area contributed by atoms with Gasteiger partial charge in [-0.15, -0.1) is 0 Å². The standard InChI is InChI=1S/C19H31N3O2/c1-19(2,3)17(20)18(23)21-13-15(22-11-7-8-12-22)14-9-5-6-10-16(14)24-4/h5-6,9-10,15,17H,7-8,11-13,20H2,1-4H3,(H,21,23)/t15?,17-/m1/s1. The van der Waals surface area contributed by atoms with Crippen LogP contribution < -0.4 is 15.8 Å². The van der Waals surface area contributed by atoms with Gasteiger partial charge in [0.1, 0.15) is 5.75 Å². The van der Waals surface area contributed by atoms with E-state index in [-0.39, 0.29) is 17.4 Å². The van der Waals surface area contributed by atoms with Gasteiger partial charge in [0.15, 0.2) is 0 Å². The van der Waals surface area contributed by atoms with Crippen LogP contribution >= 0.6 is 0 Å². The molecule has 1 heterocycles. The zero-order valence-electron chi connectivity index (χ0n) is 15.3. The molecule has 5 heteroatoms. The molecule has 1 amide bonds. The molecule has 0 spiro atoms. The fraction of sp³-hybridized carbons (Fsp3) is 0.632. The van der Waals surface area contributed by atoms with Crippen molar-refractivity contribution in [3.63, 3.8) is 0 Å². The van der Waals surface area contributed by atoms with E-state index >= 15 is 0 Å². The molecule has 1 fully saturated rings. The van der Waals surface area contributed by atoms with Crippen molar-refractivity contribution in [2.45, 2.75) is 45.7 Å². The second-order valence-corrected chi connectivity index (χ2v) is 7.59. The smallest absolute Gasteiger partial charge is 0.237 e. The maximum atomic E-state index is 12.4. The minimum atomic E-state index is -0.519. The third kappa shape index (κ3) is 4.48. The summed E-state index contributed by atoms with van der Waals surface area (Å²) in [5, 5.41) is 3.05. The number of nitrogens with zero attached hydrogens (tertiary/aromatic N) is 1. The van der Waals surface area contributed by atoms with Crippen molar-refractivity contribution in [1.82, 2.24) is 10.2 Å². The van der Waals surface area contributed by atoms with E-state index in [1.807, 2.05) is 39.0 Å². The van der Waals surface area contributed by atoms with E-state index in [1.165, 1.54) is 12.8 Å². The highest BCUT2D eigenvalue weighted by atomic mass is 16.5. The van der Waals surface area contributed by atoms with E-state index in [9.17, 15) is 4.79 Å². The lowest BCUT2D eigenvalue weighted by Crippen LogP contribution is -2.50. The molecule has 1 aliphatic rings. The third-order valence-electron chi connectivity index (χ3n) is 4.76. The van der Waals surface area contributed by atoms with Gasteiger partial charge in [0, 0.05) is 12.1 Å². The van der Waals surface area contributed by atoms with Crippen LogP contribution in [0.1, 0.15) is 45.2 Å². The van der Waals surface area contributed by atoms with Crippen molar-refractivity contribution in [3.8, 4) is 5.75 Å². The molecular formula is C19H31N3O2. The number of benzene rings is 1. The van der Waals surface area contributed by atoms with Crippen molar-refractivity contribution in [2.75, 3.05) is 26.7 Å². The van der Waals surface area contributed by atoms with Gasteiger partial charge >= 0.3 is 0 Å². The lowest BCUT2D eigenvalue weighted by atomic mass is 9.87. The Morgan fingerprint density at radius 3 is 2.50 bits per heavy atom. The fourth-order valence-electron chi connectivity index (χ4n) is 3.13. The normalized spacial score (nSPS) is 18.2. The van der Waals surface area contributed by atoms with Gasteiger partial charge < -0.3 is 15.8 Å². The Balaban J connectivity index is 2.14. The molecule has 0 radical (unpaired) electrons. The first-order valence-corrected chi connectivity index (χ1v) is 8.75. The summed E-state index contributed by atoms with van der Waals surface area (Å²) in [6.45, 7) is 8.58. The number of nitrogens with two attached hydrogens (primary N) is 1. The van der Waals surface area contributed by atoms with Crippen LogP contribution in [0.25, 0.3) is 0 Å². The van der Waals surface area contributed by atoms with Gasteiger partial charge in [-0.3, -0.25) is 9.69 Å². The van der Waals surface area contributed by atoms with Gasteiger partial charge in [-0.05, 0) is 37.4 Å². The minimum absolute atomic E-state index is 0.0957. The summed E-state index contributed by atoms with van der Waals surface area (Å²) < 4.78 is 5.53. The van der Waals surface area contributed by atoms with Gasteiger partial charge in [0.2, 0.25) is 5.91 Å². The summed E-state index contributed by atoms with van der Waals surface area (Å²) in [6, 6.07) is 7.63. The highest BCUT2D eigenvalue weighted by Gasteiger charge is 2.30.